The van der Waals surface area contributed by atoms with Crippen molar-refractivity contribution < 1.29 is 36.9 Å². The molecule has 3 aromatic rings. The lowest BCUT2D eigenvalue weighted by Gasteiger charge is -2.19. The largest absolute Gasteiger partial charge is 0.491 e. The number of carbonyl (C=O) groups excluding carboxylic acids is 1. The second kappa shape index (κ2) is 12.3. The maximum absolute atomic E-state index is 14.0. The van der Waals surface area contributed by atoms with E-state index in [1.165, 1.54) is 30.3 Å². The van der Waals surface area contributed by atoms with E-state index in [2.05, 4.69) is 10.6 Å². The number of anilines is 1. The summed E-state index contributed by atoms with van der Waals surface area (Å²) in [5.74, 6) is -1.06. The van der Waals surface area contributed by atoms with Crippen LogP contribution in [0.1, 0.15) is 59.7 Å². The molecule has 0 spiro atoms. The number of carbonyl (C=O) groups is 1. The second-order valence-electron chi connectivity index (χ2n) is 10.2. The van der Waals surface area contributed by atoms with Crippen molar-refractivity contribution in [3.8, 4) is 17.2 Å². The van der Waals surface area contributed by atoms with Crippen molar-refractivity contribution >= 4 is 11.6 Å². The quantitative estimate of drug-likeness (QED) is 0.225. The highest BCUT2D eigenvalue weighted by Crippen LogP contribution is 2.48. The highest BCUT2D eigenvalue weighted by Gasteiger charge is 2.40. The molecule has 1 aliphatic rings. The summed E-state index contributed by atoms with van der Waals surface area (Å²) in [6.45, 7) is 5.85. The molecule has 1 aliphatic carbocycles. The van der Waals surface area contributed by atoms with Gasteiger partial charge in [0.15, 0.2) is 0 Å². The molecule has 6 nitrogen and oxygen atoms in total. The molecule has 4 rings (SSSR count). The summed E-state index contributed by atoms with van der Waals surface area (Å²) in [6, 6.07) is 12.4. The van der Waals surface area contributed by atoms with Gasteiger partial charge in [0.1, 0.15) is 35.8 Å². The fourth-order valence-electron chi connectivity index (χ4n) is 4.17. The number of aryl methyl sites for hydroxylation is 1. The van der Waals surface area contributed by atoms with E-state index in [0.29, 0.717) is 30.7 Å². The Morgan fingerprint density at radius 3 is 2.48 bits per heavy atom. The van der Waals surface area contributed by atoms with Crippen molar-refractivity contribution in [1.29, 1.82) is 0 Å². The lowest BCUT2D eigenvalue weighted by atomic mass is 9.98. The zero-order chi connectivity index (χ0) is 29.0. The molecule has 1 amide bonds. The van der Waals surface area contributed by atoms with E-state index in [-0.39, 0.29) is 46.9 Å². The van der Waals surface area contributed by atoms with Crippen molar-refractivity contribution in [3.05, 3.63) is 82.7 Å². The Morgan fingerprint density at radius 1 is 1.07 bits per heavy atom. The van der Waals surface area contributed by atoms with Crippen molar-refractivity contribution in [3.63, 3.8) is 0 Å². The highest BCUT2D eigenvalue weighted by atomic mass is 19.4. The number of hydrogen-bond acceptors (Lipinski definition) is 5. The van der Waals surface area contributed by atoms with Crippen LogP contribution in [0.25, 0.3) is 0 Å². The topological polar surface area (TPSA) is 79.8 Å². The Bertz CT molecular complexity index is 1360. The van der Waals surface area contributed by atoms with Crippen molar-refractivity contribution in [2.75, 3.05) is 18.5 Å². The van der Waals surface area contributed by atoms with Crippen LogP contribution in [0.2, 0.25) is 0 Å². The van der Waals surface area contributed by atoms with Crippen LogP contribution >= 0.6 is 0 Å². The van der Waals surface area contributed by atoms with E-state index in [1.807, 2.05) is 13.8 Å². The molecule has 1 saturated carbocycles. The molecule has 0 aliphatic heterocycles. The van der Waals surface area contributed by atoms with E-state index in [0.717, 1.165) is 6.07 Å². The minimum absolute atomic E-state index is 0.00367. The lowest BCUT2D eigenvalue weighted by molar-refractivity contribution is -0.138. The molecule has 0 heterocycles. The van der Waals surface area contributed by atoms with Gasteiger partial charge in [-0.15, -0.1) is 0 Å². The van der Waals surface area contributed by atoms with Crippen LogP contribution in [0.15, 0.2) is 54.6 Å². The first-order chi connectivity index (χ1) is 18.9. The van der Waals surface area contributed by atoms with Gasteiger partial charge in [-0.05, 0) is 79.3 Å². The number of aliphatic hydroxyl groups is 1. The highest BCUT2D eigenvalue weighted by molar-refractivity contribution is 6.06. The van der Waals surface area contributed by atoms with Crippen molar-refractivity contribution in [2.45, 2.75) is 57.9 Å². The van der Waals surface area contributed by atoms with Gasteiger partial charge in [0.25, 0.3) is 5.91 Å². The molecule has 10 heteroatoms. The Labute approximate surface area is 230 Å². The summed E-state index contributed by atoms with van der Waals surface area (Å²) in [7, 11) is 0. The molecule has 3 N–H and O–H groups in total. The summed E-state index contributed by atoms with van der Waals surface area (Å²) in [5.41, 5.74) is -0.429. The average Bonchev–Trinajstić information content (AvgIpc) is 3.73. The monoisotopic (exact) mass is 560 g/mol. The number of aliphatic hydroxyl groups excluding tert-OH is 1. The molecule has 40 heavy (non-hydrogen) atoms. The number of rotatable bonds is 11. The van der Waals surface area contributed by atoms with E-state index in [9.17, 15) is 27.5 Å². The summed E-state index contributed by atoms with van der Waals surface area (Å²) in [4.78, 5) is 13.4. The van der Waals surface area contributed by atoms with Gasteiger partial charge in [0.05, 0.1) is 11.1 Å². The van der Waals surface area contributed by atoms with E-state index in [1.54, 1.807) is 25.1 Å². The number of amides is 1. The Kier molecular flexibility index (Phi) is 9.00. The normalized spacial score (nSPS) is 14.2. The number of nitrogens with one attached hydrogen (secondary N) is 2. The van der Waals surface area contributed by atoms with Crippen molar-refractivity contribution in [2.24, 2.45) is 0 Å². The fourth-order valence-corrected chi connectivity index (χ4v) is 4.17. The van der Waals surface area contributed by atoms with Gasteiger partial charge >= 0.3 is 6.18 Å². The molecular weight excluding hydrogens is 528 g/mol. The molecule has 1 fully saturated rings. The second-order valence-corrected chi connectivity index (χ2v) is 10.2. The molecule has 0 bridgehead atoms. The van der Waals surface area contributed by atoms with E-state index >= 15 is 0 Å². The first-order valence-electron chi connectivity index (χ1n) is 13.1. The molecule has 214 valence electrons. The number of benzene rings is 3. The maximum Gasteiger partial charge on any atom is 0.416 e. The first-order valence-corrected chi connectivity index (χ1v) is 13.1. The minimum Gasteiger partial charge on any atom is -0.491 e. The van der Waals surface area contributed by atoms with Crippen molar-refractivity contribution in [1.82, 2.24) is 5.32 Å². The zero-order valence-corrected chi connectivity index (χ0v) is 22.4. The van der Waals surface area contributed by atoms with Gasteiger partial charge in [-0.1, -0.05) is 19.9 Å². The SMILES string of the molecule is Cc1cc(F)ccc1Oc1cc(C2CC2)c(C(F)(F)F)cc1C(=O)Nc1cccc(OCC(O)CNC(C)C)c1. The van der Waals surface area contributed by atoms with Gasteiger partial charge < -0.3 is 25.2 Å². The number of halogens is 4. The van der Waals surface area contributed by atoms with Crippen LogP contribution in [0.3, 0.4) is 0 Å². The molecule has 3 aromatic carbocycles. The smallest absolute Gasteiger partial charge is 0.416 e. The van der Waals surface area contributed by atoms with Crippen LogP contribution in [-0.4, -0.2) is 36.3 Å². The van der Waals surface area contributed by atoms with Crippen LogP contribution in [0, 0.1) is 12.7 Å². The molecule has 1 unspecified atom stereocenters. The Morgan fingerprint density at radius 2 is 1.82 bits per heavy atom. The molecule has 0 aromatic heterocycles. The van der Waals surface area contributed by atoms with Crippen LogP contribution in [0.5, 0.6) is 17.2 Å². The van der Waals surface area contributed by atoms with Crippen LogP contribution in [-0.2, 0) is 6.18 Å². The third-order valence-electron chi connectivity index (χ3n) is 6.37. The van der Waals surface area contributed by atoms with Gasteiger partial charge in [0.2, 0.25) is 0 Å². The molecule has 1 atom stereocenters. The standard InChI is InChI=1S/C30H32F4N2O4/c1-17(2)35-15-22(37)16-39-23-6-4-5-21(12-23)36-29(38)25-13-26(30(32,33)34)24(19-7-8-19)14-28(25)40-27-10-9-20(31)11-18(27)3/h4-6,9-14,17,19,22,35,37H,7-8,15-16H2,1-3H3,(H,36,38). The summed E-state index contributed by atoms with van der Waals surface area (Å²) < 4.78 is 67.2. The summed E-state index contributed by atoms with van der Waals surface area (Å²) in [5, 5.41) is 15.8. The third kappa shape index (κ3) is 7.73. The fraction of sp³-hybridized carbons (Fsp3) is 0.367. The first kappa shape index (κ1) is 29.4. The lowest BCUT2D eigenvalue weighted by Crippen LogP contribution is -2.35. The predicted molar refractivity (Wildman–Crippen MR) is 144 cm³/mol. The third-order valence-corrected chi connectivity index (χ3v) is 6.37. The Hall–Kier alpha value is -3.63. The predicted octanol–water partition coefficient (Wildman–Crippen LogP) is 6.81. The average molecular weight is 561 g/mol. The van der Waals surface area contributed by atoms with Gasteiger partial charge in [-0.25, -0.2) is 4.39 Å². The van der Waals surface area contributed by atoms with Gasteiger partial charge in [-0.2, -0.15) is 13.2 Å². The zero-order valence-electron chi connectivity index (χ0n) is 22.4. The van der Waals surface area contributed by atoms with Crippen LogP contribution in [0.4, 0.5) is 23.2 Å². The van der Waals surface area contributed by atoms with Crippen LogP contribution < -0.4 is 20.1 Å². The summed E-state index contributed by atoms with van der Waals surface area (Å²) >= 11 is 0. The molecule has 0 radical (unpaired) electrons. The summed E-state index contributed by atoms with van der Waals surface area (Å²) in [6.07, 6.45) is -4.21. The van der Waals surface area contributed by atoms with E-state index in [4.69, 9.17) is 9.47 Å². The number of hydrogen-bond donors (Lipinski definition) is 3. The maximum atomic E-state index is 14.0. The number of ether oxygens (including phenoxy) is 2. The van der Waals surface area contributed by atoms with Gasteiger partial charge in [-0.3, -0.25) is 4.79 Å². The Balaban J connectivity index is 1.60. The number of alkyl halides is 3. The van der Waals surface area contributed by atoms with E-state index < -0.39 is 29.6 Å². The molecule has 0 saturated heterocycles. The van der Waals surface area contributed by atoms with Gasteiger partial charge in [0, 0.05) is 24.3 Å². The minimum atomic E-state index is -4.67. The molecular formula is C30H32F4N2O4.